The molecule has 3 nitrogen and oxygen atoms in total. The summed E-state index contributed by atoms with van der Waals surface area (Å²) in [5.74, 6) is -1.11. The Balaban J connectivity index is 2.66. The number of nitrogens with zero attached hydrogens (tertiary/aromatic N) is 1. The number of halogens is 1. The SMILES string of the molecule is CCC(C(=O)O)N(C)Cc1ccc(F)cc1. The third-order valence-electron chi connectivity index (χ3n) is 2.55. The molecular weight excluding hydrogens is 209 g/mol. The van der Waals surface area contributed by atoms with Crippen LogP contribution in [0.25, 0.3) is 0 Å². The molecule has 0 amide bonds. The zero-order chi connectivity index (χ0) is 12.1. The van der Waals surface area contributed by atoms with Crippen LogP contribution in [0.2, 0.25) is 0 Å². The Kier molecular flexibility index (Phi) is 4.43. The van der Waals surface area contributed by atoms with Crippen LogP contribution in [-0.4, -0.2) is 29.1 Å². The minimum atomic E-state index is -0.827. The number of likely N-dealkylation sites (N-methyl/N-ethyl adjacent to an activating group) is 1. The summed E-state index contributed by atoms with van der Waals surface area (Å²) in [5.41, 5.74) is 0.906. The molecule has 0 saturated heterocycles. The second-order valence-corrected chi connectivity index (χ2v) is 3.80. The summed E-state index contributed by atoms with van der Waals surface area (Å²) in [5, 5.41) is 8.96. The molecule has 0 aliphatic rings. The van der Waals surface area contributed by atoms with Gasteiger partial charge in [0, 0.05) is 6.54 Å². The van der Waals surface area contributed by atoms with E-state index in [1.165, 1.54) is 12.1 Å². The first-order valence-electron chi connectivity index (χ1n) is 5.22. The molecule has 88 valence electrons. The molecular formula is C12H16FNO2. The van der Waals surface area contributed by atoms with Crippen LogP contribution in [0.1, 0.15) is 18.9 Å². The van der Waals surface area contributed by atoms with Crippen molar-refractivity contribution >= 4 is 5.97 Å². The zero-order valence-electron chi connectivity index (χ0n) is 9.48. The highest BCUT2D eigenvalue weighted by atomic mass is 19.1. The third-order valence-corrected chi connectivity index (χ3v) is 2.55. The first kappa shape index (κ1) is 12.6. The average Bonchev–Trinajstić information content (AvgIpc) is 2.22. The van der Waals surface area contributed by atoms with Gasteiger partial charge in [0.15, 0.2) is 0 Å². The number of rotatable bonds is 5. The van der Waals surface area contributed by atoms with E-state index in [9.17, 15) is 9.18 Å². The van der Waals surface area contributed by atoms with Gasteiger partial charge in [0.05, 0.1) is 0 Å². The Morgan fingerprint density at radius 1 is 1.44 bits per heavy atom. The Morgan fingerprint density at radius 3 is 2.44 bits per heavy atom. The molecule has 0 spiro atoms. The number of carboxylic acids is 1. The fourth-order valence-corrected chi connectivity index (χ4v) is 1.66. The van der Waals surface area contributed by atoms with Crippen molar-refractivity contribution in [3.8, 4) is 0 Å². The van der Waals surface area contributed by atoms with Gasteiger partial charge in [-0.25, -0.2) is 4.39 Å². The lowest BCUT2D eigenvalue weighted by molar-refractivity contribution is -0.143. The summed E-state index contributed by atoms with van der Waals surface area (Å²) >= 11 is 0. The van der Waals surface area contributed by atoms with E-state index in [1.54, 1.807) is 24.1 Å². The smallest absolute Gasteiger partial charge is 0.320 e. The monoisotopic (exact) mass is 225 g/mol. The normalized spacial score (nSPS) is 12.8. The van der Waals surface area contributed by atoms with Crippen molar-refractivity contribution in [3.63, 3.8) is 0 Å². The number of hydrogen-bond donors (Lipinski definition) is 1. The number of carbonyl (C=O) groups is 1. The quantitative estimate of drug-likeness (QED) is 0.834. The number of benzene rings is 1. The number of hydrogen-bond acceptors (Lipinski definition) is 2. The van der Waals surface area contributed by atoms with Crippen LogP contribution in [0.15, 0.2) is 24.3 Å². The van der Waals surface area contributed by atoms with Gasteiger partial charge >= 0.3 is 5.97 Å². The van der Waals surface area contributed by atoms with Crippen LogP contribution in [0.4, 0.5) is 4.39 Å². The van der Waals surface area contributed by atoms with Crippen LogP contribution in [-0.2, 0) is 11.3 Å². The largest absolute Gasteiger partial charge is 0.480 e. The minimum absolute atomic E-state index is 0.281. The van der Waals surface area contributed by atoms with Gasteiger partial charge in [-0.3, -0.25) is 9.69 Å². The number of carboxylic acid groups (broad SMARTS) is 1. The van der Waals surface area contributed by atoms with Crippen LogP contribution in [0, 0.1) is 5.82 Å². The molecule has 0 aliphatic heterocycles. The molecule has 0 saturated carbocycles. The summed E-state index contributed by atoms with van der Waals surface area (Å²) in [7, 11) is 1.76. The lowest BCUT2D eigenvalue weighted by Gasteiger charge is -2.23. The molecule has 0 heterocycles. The Labute approximate surface area is 94.5 Å². The van der Waals surface area contributed by atoms with E-state index < -0.39 is 12.0 Å². The highest BCUT2D eigenvalue weighted by Gasteiger charge is 2.20. The molecule has 1 unspecified atom stereocenters. The van der Waals surface area contributed by atoms with E-state index in [4.69, 9.17) is 5.11 Å². The lowest BCUT2D eigenvalue weighted by Crippen LogP contribution is -2.37. The maximum absolute atomic E-state index is 12.7. The standard InChI is InChI=1S/C12H16FNO2/c1-3-11(12(15)16)14(2)8-9-4-6-10(13)7-5-9/h4-7,11H,3,8H2,1-2H3,(H,15,16). The summed E-state index contributed by atoms with van der Waals surface area (Å²) in [6.45, 7) is 2.34. The molecule has 0 fully saturated rings. The highest BCUT2D eigenvalue weighted by Crippen LogP contribution is 2.09. The fraction of sp³-hybridized carbons (Fsp3) is 0.417. The molecule has 0 bridgehead atoms. The predicted octanol–water partition coefficient (Wildman–Crippen LogP) is 2.12. The molecule has 0 aliphatic carbocycles. The van der Waals surface area contributed by atoms with Crippen LogP contribution < -0.4 is 0 Å². The Morgan fingerprint density at radius 2 is 2.00 bits per heavy atom. The first-order valence-corrected chi connectivity index (χ1v) is 5.22. The van der Waals surface area contributed by atoms with Gasteiger partial charge in [0.1, 0.15) is 11.9 Å². The third kappa shape index (κ3) is 3.31. The molecule has 1 atom stereocenters. The van der Waals surface area contributed by atoms with Crippen molar-refractivity contribution in [2.24, 2.45) is 0 Å². The topological polar surface area (TPSA) is 40.5 Å². The van der Waals surface area contributed by atoms with Gasteiger partial charge in [-0.05, 0) is 31.2 Å². The van der Waals surface area contributed by atoms with Gasteiger partial charge < -0.3 is 5.11 Å². The molecule has 1 N–H and O–H groups in total. The Hall–Kier alpha value is -1.42. The van der Waals surface area contributed by atoms with Crippen LogP contribution >= 0.6 is 0 Å². The Bertz CT molecular complexity index is 351. The lowest BCUT2D eigenvalue weighted by atomic mass is 10.1. The number of aliphatic carboxylic acids is 1. The van der Waals surface area contributed by atoms with Crippen molar-refractivity contribution in [2.75, 3.05) is 7.05 Å². The van der Waals surface area contributed by atoms with E-state index >= 15 is 0 Å². The summed E-state index contributed by atoms with van der Waals surface area (Å²) in [6, 6.07) is 5.60. The van der Waals surface area contributed by atoms with E-state index in [1.807, 2.05) is 6.92 Å². The van der Waals surface area contributed by atoms with E-state index in [0.29, 0.717) is 13.0 Å². The van der Waals surface area contributed by atoms with Crippen LogP contribution in [0.5, 0.6) is 0 Å². The van der Waals surface area contributed by atoms with Gasteiger partial charge in [0.25, 0.3) is 0 Å². The second-order valence-electron chi connectivity index (χ2n) is 3.80. The first-order chi connectivity index (χ1) is 7.54. The van der Waals surface area contributed by atoms with E-state index in [0.717, 1.165) is 5.56 Å². The van der Waals surface area contributed by atoms with Crippen molar-refractivity contribution in [2.45, 2.75) is 25.9 Å². The molecule has 1 aromatic rings. The summed E-state index contributed by atoms with van der Waals surface area (Å²) in [4.78, 5) is 12.7. The highest BCUT2D eigenvalue weighted by molar-refractivity contribution is 5.73. The second kappa shape index (κ2) is 5.61. The van der Waals surface area contributed by atoms with E-state index in [-0.39, 0.29) is 5.82 Å². The molecule has 4 heteroatoms. The molecule has 16 heavy (non-hydrogen) atoms. The maximum atomic E-state index is 12.7. The summed E-state index contributed by atoms with van der Waals surface area (Å²) < 4.78 is 12.7. The maximum Gasteiger partial charge on any atom is 0.320 e. The molecule has 0 aromatic heterocycles. The van der Waals surface area contributed by atoms with Crippen molar-refractivity contribution in [3.05, 3.63) is 35.6 Å². The van der Waals surface area contributed by atoms with Crippen LogP contribution in [0.3, 0.4) is 0 Å². The van der Waals surface area contributed by atoms with Gasteiger partial charge in [-0.15, -0.1) is 0 Å². The van der Waals surface area contributed by atoms with Gasteiger partial charge in [0.2, 0.25) is 0 Å². The van der Waals surface area contributed by atoms with E-state index in [2.05, 4.69) is 0 Å². The minimum Gasteiger partial charge on any atom is -0.480 e. The zero-order valence-corrected chi connectivity index (χ0v) is 9.48. The van der Waals surface area contributed by atoms with Crippen molar-refractivity contribution in [1.82, 2.24) is 4.90 Å². The molecule has 1 rings (SSSR count). The molecule has 1 aromatic carbocycles. The fourth-order valence-electron chi connectivity index (χ4n) is 1.66. The van der Waals surface area contributed by atoms with Crippen molar-refractivity contribution < 1.29 is 14.3 Å². The van der Waals surface area contributed by atoms with Crippen molar-refractivity contribution in [1.29, 1.82) is 0 Å². The van der Waals surface area contributed by atoms with Gasteiger partial charge in [-0.2, -0.15) is 0 Å². The predicted molar refractivity (Wildman–Crippen MR) is 59.6 cm³/mol. The van der Waals surface area contributed by atoms with Gasteiger partial charge in [-0.1, -0.05) is 19.1 Å². The summed E-state index contributed by atoms with van der Waals surface area (Å²) in [6.07, 6.45) is 0.549. The average molecular weight is 225 g/mol. The molecule has 0 radical (unpaired) electrons.